The first-order chi connectivity index (χ1) is 12.9. The lowest BCUT2D eigenvalue weighted by Crippen LogP contribution is -2.36. The van der Waals surface area contributed by atoms with Gasteiger partial charge in [-0.25, -0.2) is 4.98 Å². The van der Waals surface area contributed by atoms with Crippen LogP contribution in [-0.4, -0.2) is 45.9 Å². The Bertz CT molecular complexity index is 1020. The molecule has 0 radical (unpaired) electrons. The fourth-order valence-corrected chi connectivity index (χ4v) is 3.78. The maximum Gasteiger partial charge on any atom is 0.187 e. The largest absolute Gasteiger partial charge is 0.378 e. The van der Waals surface area contributed by atoms with Gasteiger partial charge in [-0.05, 0) is 35.4 Å². The fourth-order valence-electron chi connectivity index (χ4n) is 3.25. The lowest BCUT2D eigenvalue weighted by molar-refractivity contribution is 0.122. The molecule has 1 aliphatic rings. The van der Waals surface area contributed by atoms with Crippen LogP contribution in [0.15, 0.2) is 53.5 Å². The molecule has 0 aliphatic carbocycles. The summed E-state index contributed by atoms with van der Waals surface area (Å²) in [5.74, 6) is 0.771. The van der Waals surface area contributed by atoms with E-state index in [9.17, 15) is 0 Å². The number of rotatable bonds is 3. The van der Waals surface area contributed by atoms with E-state index in [1.807, 2.05) is 21.4 Å². The van der Waals surface area contributed by atoms with Crippen molar-refractivity contribution < 1.29 is 4.74 Å². The van der Waals surface area contributed by atoms with E-state index < -0.39 is 0 Å². The van der Waals surface area contributed by atoms with Gasteiger partial charge in [-0.2, -0.15) is 0 Å². The summed E-state index contributed by atoms with van der Waals surface area (Å²) in [6.45, 7) is 3.49. The van der Waals surface area contributed by atoms with E-state index in [1.165, 1.54) is 11.3 Å². The minimum absolute atomic E-state index is 0.771. The standard InChI is InChI=1S/C19H17N5OS/c1-4-16(23-7-9-25-10-8-23)5-2-14(1)15-3-6-18-21-22-19(24(18)11-15)17-12-26-13-20-17/h1-6,11-13H,7-10H2. The van der Waals surface area contributed by atoms with Crippen LogP contribution in [0.1, 0.15) is 0 Å². The second kappa shape index (κ2) is 6.51. The number of benzene rings is 1. The van der Waals surface area contributed by atoms with Crippen LogP contribution in [0.25, 0.3) is 28.3 Å². The number of pyridine rings is 1. The number of morpholine rings is 1. The summed E-state index contributed by atoms with van der Waals surface area (Å²) in [4.78, 5) is 6.71. The van der Waals surface area contributed by atoms with E-state index in [0.29, 0.717) is 0 Å². The molecule has 5 rings (SSSR count). The second-order valence-corrected chi connectivity index (χ2v) is 6.91. The average Bonchev–Trinajstić information content (AvgIpc) is 3.38. The minimum atomic E-state index is 0.771. The van der Waals surface area contributed by atoms with Gasteiger partial charge in [0.15, 0.2) is 11.5 Å². The third kappa shape index (κ3) is 2.75. The molecular weight excluding hydrogens is 346 g/mol. The van der Waals surface area contributed by atoms with Crippen molar-refractivity contribution in [2.75, 3.05) is 31.2 Å². The van der Waals surface area contributed by atoms with Crippen LogP contribution in [0.4, 0.5) is 5.69 Å². The summed E-state index contributed by atoms with van der Waals surface area (Å²) in [7, 11) is 0. The normalized spacial score (nSPS) is 14.8. The first kappa shape index (κ1) is 15.5. The Morgan fingerprint density at radius 1 is 0.923 bits per heavy atom. The number of fused-ring (bicyclic) bond motifs is 1. The Morgan fingerprint density at radius 2 is 1.73 bits per heavy atom. The van der Waals surface area contributed by atoms with Crippen LogP contribution in [0.5, 0.6) is 0 Å². The molecule has 4 heterocycles. The molecule has 0 saturated carbocycles. The molecule has 1 fully saturated rings. The fraction of sp³-hybridized carbons (Fsp3) is 0.211. The molecule has 1 aliphatic heterocycles. The summed E-state index contributed by atoms with van der Waals surface area (Å²) in [6.07, 6.45) is 2.08. The summed E-state index contributed by atoms with van der Waals surface area (Å²) >= 11 is 1.56. The van der Waals surface area contributed by atoms with Crippen LogP contribution in [-0.2, 0) is 4.74 Å². The van der Waals surface area contributed by atoms with Crippen molar-refractivity contribution in [1.29, 1.82) is 0 Å². The molecule has 0 bridgehead atoms. The Hall–Kier alpha value is -2.77. The highest BCUT2D eigenvalue weighted by Gasteiger charge is 2.13. The molecule has 0 unspecified atom stereocenters. The molecule has 1 aromatic carbocycles. The molecule has 130 valence electrons. The molecule has 26 heavy (non-hydrogen) atoms. The van der Waals surface area contributed by atoms with Crippen LogP contribution >= 0.6 is 11.3 Å². The zero-order valence-electron chi connectivity index (χ0n) is 14.1. The van der Waals surface area contributed by atoms with Gasteiger partial charge < -0.3 is 9.64 Å². The predicted molar refractivity (Wildman–Crippen MR) is 103 cm³/mol. The highest BCUT2D eigenvalue weighted by molar-refractivity contribution is 7.07. The molecule has 7 heteroatoms. The SMILES string of the molecule is c1nc(-c2nnc3ccc(-c4ccc(N5CCOCC5)cc4)cn23)cs1. The lowest BCUT2D eigenvalue weighted by Gasteiger charge is -2.28. The van der Waals surface area contributed by atoms with Gasteiger partial charge in [0.05, 0.1) is 18.7 Å². The zero-order chi connectivity index (χ0) is 17.3. The summed E-state index contributed by atoms with van der Waals surface area (Å²) in [5.41, 5.74) is 7.02. The van der Waals surface area contributed by atoms with Gasteiger partial charge in [0.25, 0.3) is 0 Å². The Kier molecular flexibility index (Phi) is 3.88. The average molecular weight is 363 g/mol. The van der Waals surface area contributed by atoms with E-state index >= 15 is 0 Å². The molecule has 3 aromatic heterocycles. The molecule has 1 saturated heterocycles. The Balaban J connectivity index is 1.49. The van der Waals surface area contributed by atoms with E-state index in [2.05, 4.69) is 56.6 Å². The van der Waals surface area contributed by atoms with Crippen molar-refractivity contribution >= 4 is 22.7 Å². The van der Waals surface area contributed by atoms with Crippen molar-refractivity contribution in [2.24, 2.45) is 0 Å². The monoisotopic (exact) mass is 363 g/mol. The topological polar surface area (TPSA) is 55.5 Å². The molecule has 4 aromatic rings. The van der Waals surface area contributed by atoms with Crippen molar-refractivity contribution in [3.05, 3.63) is 53.5 Å². The molecule has 0 spiro atoms. The van der Waals surface area contributed by atoms with Gasteiger partial charge in [-0.1, -0.05) is 12.1 Å². The lowest BCUT2D eigenvalue weighted by atomic mass is 10.1. The predicted octanol–water partition coefficient (Wildman–Crippen LogP) is 3.36. The van der Waals surface area contributed by atoms with Gasteiger partial charge in [-0.15, -0.1) is 21.5 Å². The van der Waals surface area contributed by atoms with Gasteiger partial charge in [0.1, 0.15) is 5.69 Å². The highest BCUT2D eigenvalue weighted by Crippen LogP contribution is 2.26. The number of ether oxygens (including phenoxy) is 1. The van der Waals surface area contributed by atoms with Crippen molar-refractivity contribution in [3.8, 4) is 22.6 Å². The van der Waals surface area contributed by atoms with Gasteiger partial charge >= 0.3 is 0 Å². The number of anilines is 1. The number of thiazole rings is 1. The van der Waals surface area contributed by atoms with E-state index in [0.717, 1.165) is 49.0 Å². The Labute approximate surface area is 154 Å². The maximum atomic E-state index is 5.43. The smallest absolute Gasteiger partial charge is 0.187 e. The summed E-state index contributed by atoms with van der Waals surface area (Å²) in [6, 6.07) is 12.8. The summed E-state index contributed by atoms with van der Waals surface area (Å²) in [5, 5.41) is 10.5. The number of nitrogens with zero attached hydrogens (tertiary/aromatic N) is 5. The number of hydrogen-bond acceptors (Lipinski definition) is 6. The first-order valence-electron chi connectivity index (χ1n) is 8.55. The zero-order valence-corrected chi connectivity index (χ0v) is 14.9. The van der Waals surface area contributed by atoms with E-state index in [4.69, 9.17) is 4.74 Å². The van der Waals surface area contributed by atoms with Crippen LogP contribution in [0.3, 0.4) is 0 Å². The minimum Gasteiger partial charge on any atom is -0.378 e. The molecule has 0 N–H and O–H groups in total. The Morgan fingerprint density at radius 3 is 2.50 bits per heavy atom. The van der Waals surface area contributed by atoms with Crippen LogP contribution in [0.2, 0.25) is 0 Å². The van der Waals surface area contributed by atoms with E-state index in [1.54, 1.807) is 11.3 Å². The number of aromatic nitrogens is 4. The maximum absolute atomic E-state index is 5.43. The van der Waals surface area contributed by atoms with E-state index in [-0.39, 0.29) is 0 Å². The van der Waals surface area contributed by atoms with Crippen LogP contribution in [0, 0.1) is 0 Å². The molecular formula is C19H17N5OS. The van der Waals surface area contributed by atoms with Crippen molar-refractivity contribution in [3.63, 3.8) is 0 Å². The van der Waals surface area contributed by atoms with Crippen molar-refractivity contribution in [1.82, 2.24) is 19.6 Å². The highest BCUT2D eigenvalue weighted by atomic mass is 32.1. The van der Waals surface area contributed by atoms with Gasteiger partial charge in [0, 0.05) is 30.4 Å². The molecule has 6 nitrogen and oxygen atoms in total. The quantitative estimate of drug-likeness (QED) is 0.559. The van der Waals surface area contributed by atoms with Gasteiger partial charge in [0.2, 0.25) is 0 Å². The first-order valence-corrected chi connectivity index (χ1v) is 9.49. The molecule has 0 atom stereocenters. The second-order valence-electron chi connectivity index (χ2n) is 6.19. The summed E-state index contributed by atoms with van der Waals surface area (Å²) < 4.78 is 7.43. The van der Waals surface area contributed by atoms with Crippen LogP contribution < -0.4 is 4.90 Å². The van der Waals surface area contributed by atoms with Gasteiger partial charge in [-0.3, -0.25) is 4.40 Å². The number of hydrogen-bond donors (Lipinski definition) is 0. The molecule has 0 amide bonds. The third-order valence-electron chi connectivity index (χ3n) is 4.64. The third-order valence-corrected chi connectivity index (χ3v) is 5.23. The van der Waals surface area contributed by atoms with Crippen molar-refractivity contribution in [2.45, 2.75) is 0 Å².